The third kappa shape index (κ3) is 3.69. The van der Waals surface area contributed by atoms with E-state index in [0.29, 0.717) is 4.73 Å². The van der Waals surface area contributed by atoms with E-state index in [1.807, 2.05) is 0 Å². The number of carbonyl (C=O) groups is 1. The number of rotatable bonds is 4. The normalized spacial score (nSPS) is 23.0. The first kappa shape index (κ1) is 13.8. The Morgan fingerprint density at radius 3 is 2.74 bits per heavy atom. The van der Waals surface area contributed by atoms with Crippen molar-refractivity contribution in [1.82, 2.24) is 5.32 Å². The van der Waals surface area contributed by atoms with E-state index in [2.05, 4.69) is 12.2 Å². The van der Waals surface area contributed by atoms with Gasteiger partial charge in [0.25, 0.3) is 5.69 Å². The lowest BCUT2D eigenvalue weighted by atomic mass is 9.83. The van der Waals surface area contributed by atoms with Crippen molar-refractivity contribution in [1.29, 1.82) is 0 Å². The maximum atomic E-state index is 12.0. The number of carbonyl (C=O) groups excluding carboxylic acids is 1. The van der Waals surface area contributed by atoms with E-state index in [1.54, 1.807) is 18.2 Å². The molecule has 4 nitrogen and oxygen atoms in total. The lowest BCUT2D eigenvalue weighted by molar-refractivity contribution is -0.607. The first-order valence-corrected chi connectivity index (χ1v) is 7.19. The van der Waals surface area contributed by atoms with Crippen LogP contribution < -0.4 is 10.0 Å². The van der Waals surface area contributed by atoms with E-state index in [0.717, 1.165) is 18.8 Å². The number of aromatic nitrogens is 1. The molecule has 1 saturated carbocycles. The fourth-order valence-electron chi connectivity index (χ4n) is 2.87. The van der Waals surface area contributed by atoms with Crippen molar-refractivity contribution in [2.24, 2.45) is 5.92 Å². The molecule has 0 aliphatic heterocycles. The van der Waals surface area contributed by atoms with Crippen LogP contribution in [0.3, 0.4) is 0 Å². The Bertz CT molecular complexity index is 426. The summed E-state index contributed by atoms with van der Waals surface area (Å²) in [5, 5.41) is 14.5. The second-order valence-corrected chi connectivity index (χ2v) is 5.39. The molecule has 1 amide bonds. The zero-order valence-electron chi connectivity index (χ0n) is 11.5. The fourth-order valence-corrected chi connectivity index (χ4v) is 2.87. The Morgan fingerprint density at radius 2 is 2.11 bits per heavy atom. The number of hydrogen-bond acceptors (Lipinski definition) is 2. The van der Waals surface area contributed by atoms with Crippen molar-refractivity contribution in [2.75, 3.05) is 0 Å². The molecule has 1 aliphatic rings. The number of nitrogens with one attached hydrogen (secondary N) is 1. The number of nitrogens with zero attached hydrogens (tertiary/aromatic N) is 1. The standard InChI is InChI=1S/C15H22N2O2/c1-2-5-12-7-9-13(10-8-12)16-15(18)14-6-3-4-11-17(14)19/h3-4,6,11-13H,2,5,7-10H2,1H3,(H,16,18). The summed E-state index contributed by atoms with van der Waals surface area (Å²) in [5.41, 5.74) is 0.179. The van der Waals surface area contributed by atoms with Gasteiger partial charge < -0.3 is 10.5 Å². The Labute approximate surface area is 114 Å². The lowest BCUT2D eigenvalue weighted by Crippen LogP contribution is -2.44. The summed E-state index contributed by atoms with van der Waals surface area (Å²) in [4.78, 5) is 12.0. The van der Waals surface area contributed by atoms with Gasteiger partial charge in [0.2, 0.25) is 0 Å². The molecule has 1 heterocycles. The van der Waals surface area contributed by atoms with E-state index < -0.39 is 0 Å². The largest absolute Gasteiger partial charge is 0.618 e. The molecular formula is C15H22N2O2. The minimum atomic E-state index is -0.255. The van der Waals surface area contributed by atoms with Crippen molar-refractivity contribution in [3.63, 3.8) is 0 Å². The molecule has 4 heteroatoms. The average Bonchev–Trinajstić information content (AvgIpc) is 2.42. The van der Waals surface area contributed by atoms with Crippen LogP contribution in [0.5, 0.6) is 0 Å². The van der Waals surface area contributed by atoms with E-state index in [4.69, 9.17) is 0 Å². The van der Waals surface area contributed by atoms with Gasteiger partial charge in [-0.05, 0) is 37.7 Å². The molecule has 0 bridgehead atoms. The summed E-state index contributed by atoms with van der Waals surface area (Å²) in [6.45, 7) is 2.22. The van der Waals surface area contributed by atoms with Crippen LogP contribution in [-0.4, -0.2) is 11.9 Å². The predicted molar refractivity (Wildman–Crippen MR) is 73.5 cm³/mol. The van der Waals surface area contributed by atoms with Gasteiger partial charge in [0, 0.05) is 18.2 Å². The van der Waals surface area contributed by atoms with Gasteiger partial charge in [-0.25, -0.2) is 0 Å². The predicted octanol–water partition coefficient (Wildman–Crippen LogP) is 2.41. The lowest BCUT2D eigenvalue weighted by Gasteiger charge is -2.28. The van der Waals surface area contributed by atoms with Crippen LogP contribution in [0, 0.1) is 11.1 Å². The van der Waals surface area contributed by atoms with Crippen molar-refractivity contribution < 1.29 is 9.52 Å². The molecule has 0 unspecified atom stereocenters. The molecule has 0 saturated heterocycles. The topological polar surface area (TPSA) is 56.0 Å². The fraction of sp³-hybridized carbons (Fsp3) is 0.600. The van der Waals surface area contributed by atoms with Gasteiger partial charge in [0.1, 0.15) is 0 Å². The zero-order valence-corrected chi connectivity index (χ0v) is 11.5. The van der Waals surface area contributed by atoms with E-state index >= 15 is 0 Å². The van der Waals surface area contributed by atoms with Gasteiger partial charge >= 0.3 is 5.91 Å². The van der Waals surface area contributed by atoms with E-state index in [9.17, 15) is 10.0 Å². The molecule has 2 rings (SSSR count). The summed E-state index contributed by atoms with van der Waals surface area (Å²) < 4.78 is 0.623. The van der Waals surface area contributed by atoms with Crippen LogP contribution in [0.4, 0.5) is 0 Å². The Kier molecular flexibility index (Phi) is 4.77. The van der Waals surface area contributed by atoms with Crippen LogP contribution in [-0.2, 0) is 0 Å². The maximum Gasteiger partial charge on any atom is 0.317 e. The number of hydrogen-bond donors (Lipinski definition) is 1. The van der Waals surface area contributed by atoms with Gasteiger partial charge in [-0.15, -0.1) is 0 Å². The van der Waals surface area contributed by atoms with Gasteiger partial charge in [-0.2, -0.15) is 4.73 Å². The molecule has 0 spiro atoms. The SMILES string of the molecule is CCCC1CCC(NC(=O)c2cccc[n+]2[O-])CC1. The zero-order chi connectivity index (χ0) is 13.7. The summed E-state index contributed by atoms with van der Waals surface area (Å²) >= 11 is 0. The molecule has 1 aliphatic carbocycles. The van der Waals surface area contributed by atoms with Crippen LogP contribution in [0.25, 0.3) is 0 Å². The van der Waals surface area contributed by atoms with Crippen LogP contribution in [0.2, 0.25) is 0 Å². The van der Waals surface area contributed by atoms with E-state index in [-0.39, 0.29) is 17.6 Å². The summed E-state index contributed by atoms with van der Waals surface area (Å²) in [5.74, 6) is 0.564. The molecule has 0 atom stereocenters. The molecule has 1 aromatic rings. The second-order valence-electron chi connectivity index (χ2n) is 5.39. The summed E-state index contributed by atoms with van der Waals surface area (Å²) in [7, 11) is 0. The second kappa shape index (κ2) is 6.55. The van der Waals surface area contributed by atoms with E-state index in [1.165, 1.54) is 31.9 Å². The van der Waals surface area contributed by atoms with Gasteiger partial charge in [0.05, 0.1) is 0 Å². The smallest absolute Gasteiger partial charge is 0.317 e. The molecule has 19 heavy (non-hydrogen) atoms. The van der Waals surface area contributed by atoms with Crippen LogP contribution >= 0.6 is 0 Å². The summed E-state index contributed by atoms with van der Waals surface area (Å²) in [6.07, 6.45) is 8.31. The molecule has 0 radical (unpaired) electrons. The monoisotopic (exact) mass is 262 g/mol. The highest BCUT2D eigenvalue weighted by Crippen LogP contribution is 2.27. The van der Waals surface area contributed by atoms with Crippen LogP contribution in [0.15, 0.2) is 24.4 Å². The molecular weight excluding hydrogens is 240 g/mol. The van der Waals surface area contributed by atoms with Crippen molar-refractivity contribution in [2.45, 2.75) is 51.5 Å². The molecule has 0 aromatic carbocycles. The third-order valence-corrected chi connectivity index (χ3v) is 3.94. The average molecular weight is 262 g/mol. The van der Waals surface area contributed by atoms with Gasteiger partial charge in [-0.3, -0.25) is 4.79 Å². The number of pyridine rings is 1. The molecule has 1 fully saturated rings. The quantitative estimate of drug-likeness (QED) is 0.669. The highest BCUT2D eigenvalue weighted by molar-refractivity contribution is 5.91. The van der Waals surface area contributed by atoms with Crippen molar-refractivity contribution >= 4 is 5.91 Å². The molecule has 1 aromatic heterocycles. The van der Waals surface area contributed by atoms with Crippen molar-refractivity contribution in [3.05, 3.63) is 35.3 Å². The van der Waals surface area contributed by atoms with Crippen LogP contribution in [0.1, 0.15) is 55.9 Å². The number of amides is 1. The Hall–Kier alpha value is -1.58. The minimum Gasteiger partial charge on any atom is -0.618 e. The Morgan fingerprint density at radius 1 is 1.37 bits per heavy atom. The first-order valence-electron chi connectivity index (χ1n) is 7.19. The highest BCUT2D eigenvalue weighted by atomic mass is 16.5. The van der Waals surface area contributed by atoms with Crippen molar-refractivity contribution in [3.8, 4) is 0 Å². The third-order valence-electron chi connectivity index (χ3n) is 3.94. The summed E-state index contributed by atoms with van der Waals surface area (Å²) in [6, 6.07) is 5.12. The molecule has 1 N–H and O–H groups in total. The first-order chi connectivity index (χ1) is 9.20. The molecule has 104 valence electrons. The van der Waals surface area contributed by atoms with Gasteiger partial charge in [-0.1, -0.05) is 19.8 Å². The maximum absolute atomic E-state index is 12.0. The van der Waals surface area contributed by atoms with Gasteiger partial charge in [0.15, 0.2) is 6.20 Å². The highest BCUT2D eigenvalue weighted by Gasteiger charge is 2.24. The minimum absolute atomic E-state index is 0.179. The Balaban J connectivity index is 1.86.